The number of nitrogens with one attached hydrogen (secondary N) is 1. The third-order valence-electron chi connectivity index (χ3n) is 2.55. The zero-order chi connectivity index (χ0) is 14.7. The Bertz CT molecular complexity index is 728. The van der Waals surface area contributed by atoms with E-state index in [0.717, 1.165) is 6.07 Å². The lowest BCUT2D eigenvalue weighted by molar-refractivity contribution is 0.102. The number of carbonyl (C=O) groups excluding carboxylic acids is 1. The molecule has 0 aliphatic carbocycles. The molecule has 0 bridgehead atoms. The Morgan fingerprint density at radius 3 is 2.75 bits per heavy atom. The average molecular weight is 354 g/mol. The van der Waals surface area contributed by atoms with Gasteiger partial charge in [0, 0.05) is 9.50 Å². The largest absolute Gasteiger partial charge is 0.321 e. The minimum atomic E-state index is -0.680. The van der Waals surface area contributed by atoms with Crippen LogP contribution in [0.25, 0.3) is 0 Å². The Hall–Kier alpha value is -1.90. The van der Waals surface area contributed by atoms with Gasteiger partial charge in [0.1, 0.15) is 17.4 Å². The maximum Gasteiger partial charge on any atom is 0.256 e. The van der Waals surface area contributed by atoms with Crippen LogP contribution in [0.4, 0.5) is 10.1 Å². The molecule has 0 saturated heterocycles. The number of benzene rings is 2. The van der Waals surface area contributed by atoms with Crippen LogP contribution in [0, 0.1) is 17.1 Å². The summed E-state index contributed by atoms with van der Waals surface area (Å²) in [5, 5.41) is 11.9. The van der Waals surface area contributed by atoms with E-state index in [1.807, 2.05) is 0 Å². The van der Waals surface area contributed by atoms with Crippen LogP contribution < -0.4 is 5.32 Å². The van der Waals surface area contributed by atoms with Crippen molar-refractivity contribution < 1.29 is 9.18 Å². The normalized spacial score (nSPS) is 9.90. The molecule has 0 radical (unpaired) electrons. The lowest BCUT2D eigenvalue weighted by atomic mass is 10.1. The molecule has 1 amide bonds. The molecule has 0 aliphatic heterocycles. The Balaban J connectivity index is 2.33. The molecule has 20 heavy (non-hydrogen) atoms. The first-order valence-corrected chi connectivity index (χ1v) is 6.65. The zero-order valence-corrected chi connectivity index (χ0v) is 12.3. The predicted octanol–water partition coefficient (Wildman–Crippen LogP) is 4.37. The summed E-state index contributed by atoms with van der Waals surface area (Å²) >= 11 is 9.02. The van der Waals surface area contributed by atoms with Gasteiger partial charge in [-0.25, -0.2) is 4.39 Å². The van der Waals surface area contributed by atoms with Crippen molar-refractivity contribution in [2.24, 2.45) is 0 Å². The summed E-state index contributed by atoms with van der Waals surface area (Å²) < 4.78 is 13.9. The SMILES string of the molecule is N#Cc1c(F)cccc1NC(=O)c1ccc(Cl)cc1Br. The molecular weight excluding hydrogens is 347 g/mol. The van der Waals surface area contributed by atoms with E-state index < -0.39 is 11.7 Å². The number of hydrogen-bond donors (Lipinski definition) is 1. The van der Waals surface area contributed by atoms with E-state index in [1.165, 1.54) is 18.2 Å². The van der Waals surface area contributed by atoms with Crippen LogP contribution in [0.3, 0.4) is 0 Å². The Morgan fingerprint density at radius 2 is 2.10 bits per heavy atom. The fraction of sp³-hybridized carbons (Fsp3) is 0. The molecule has 2 rings (SSSR count). The van der Waals surface area contributed by atoms with E-state index in [0.29, 0.717) is 15.1 Å². The summed E-state index contributed by atoms with van der Waals surface area (Å²) in [5.41, 5.74) is 0.257. The highest BCUT2D eigenvalue weighted by molar-refractivity contribution is 9.10. The van der Waals surface area contributed by atoms with Gasteiger partial charge in [-0.3, -0.25) is 4.79 Å². The van der Waals surface area contributed by atoms with Crippen LogP contribution in [0.1, 0.15) is 15.9 Å². The van der Waals surface area contributed by atoms with E-state index in [2.05, 4.69) is 21.2 Å². The highest BCUT2D eigenvalue weighted by atomic mass is 79.9. The summed E-state index contributed by atoms with van der Waals surface area (Å²) in [6.07, 6.45) is 0. The monoisotopic (exact) mass is 352 g/mol. The molecule has 2 aromatic carbocycles. The minimum Gasteiger partial charge on any atom is -0.321 e. The standard InChI is InChI=1S/C14H7BrClFN2O/c15-11-6-8(16)4-5-9(11)14(20)19-13-3-1-2-12(17)10(13)7-18/h1-6H,(H,19,20). The smallest absolute Gasteiger partial charge is 0.256 e. The molecule has 0 atom stereocenters. The van der Waals surface area contributed by atoms with Gasteiger partial charge in [0.25, 0.3) is 5.91 Å². The lowest BCUT2D eigenvalue weighted by Gasteiger charge is -2.09. The molecule has 1 N–H and O–H groups in total. The number of hydrogen-bond acceptors (Lipinski definition) is 2. The van der Waals surface area contributed by atoms with Crippen molar-refractivity contribution in [3.63, 3.8) is 0 Å². The minimum absolute atomic E-state index is 0.124. The van der Waals surface area contributed by atoms with E-state index >= 15 is 0 Å². The van der Waals surface area contributed by atoms with Crippen LogP contribution in [-0.4, -0.2) is 5.91 Å². The summed E-state index contributed by atoms with van der Waals surface area (Å²) in [6.45, 7) is 0. The molecule has 0 aliphatic rings. The van der Waals surface area contributed by atoms with E-state index in [9.17, 15) is 9.18 Å². The molecule has 0 saturated carbocycles. The molecule has 3 nitrogen and oxygen atoms in total. The first-order valence-electron chi connectivity index (χ1n) is 5.48. The van der Waals surface area contributed by atoms with Gasteiger partial charge in [0.2, 0.25) is 0 Å². The summed E-state index contributed by atoms with van der Waals surface area (Å²) in [7, 11) is 0. The van der Waals surface area contributed by atoms with Crippen LogP contribution in [0.15, 0.2) is 40.9 Å². The number of nitriles is 1. The molecule has 100 valence electrons. The van der Waals surface area contributed by atoms with Gasteiger partial charge >= 0.3 is 0 Å². The fourth-order valence-corrected chi connectivity index (χ4v) is 2.47. The summed E-state index contributed by atoms with van der Waals surface area (Å²) in [6, 6.07) is 10.4. The number of amides is 1. The second kappa shape index (κ2) is 6.04. The van der Waals surface area contributed by atoms with Crippen molar-refractivity contribution in [2.45, 2.75) is 0 Å². The van der Waals surface area contributed by atoms with Crippen LogP contribution in [0.2, 0.25) is 5.02 Å². The number of carbonyl (C=O) groups is 1. The van der Waals surface area contributed by atoms with Gasteiger partial charge in [-0.1, -0.05) is 17.7 Å². The topological polar surface area (TPSA) is 52.9 Å². The van der Waals surface area contributed by atoms with E-state index in [1.54, 1.807) is 18.2 Å². The van der Waals surface area contributed by atoms with Crippen molar-refractivity contribution in [3.8, 4) is 6.07 Å². The highest BCUT2D eigenvalue weighted by Crippen LogP contribution is 2.24. The maximum absolute atomic E-state index is 13.4. The van der Waals surface area contributed by atoms with Gasteiger partial charge in [0.05, 0.1) is 11.3 Å². The van der Waals surface area contributed by atoms with Crippen LogP contribution in [-0.2, 0) is 0 Å². The van der Waals surface area contributed by atoms with Crippen molar-refractivity contribution in [2.75, 3.05) is 5.32 Å². The van der Waals surface area contributed by atoms with E-state index in [-0.39, 0.29) is 11.3 Å². The molecule has 0 spiro atoms. The van der Waals surface area contributed by atoms with Gasteiger partial charge in [-0.05, 0) is 46.3 Å². The first-order chi connectivity index (χ1) is 9.52. The third kappa shape index (κ3) is 2.98. The quantitative estimate of drug-likeness (QED) is 0.872. The maximum atomic E-state index is 13.4. The molecule has 0 unspecified atom stereocenters. The van der Waals surface area contributed by atoms with Crippen molar-refractivity contribution in [3.05, 3.63) is 62.8 Å². The third-order valence-corrected chi connectivity index (χ3v) is 3.44. The fourth-order valence-electron chi connectivity index (χ4n) is 1.61. The predicted molar refractivity (Wildman–Crippen MR) is 78.2 cm³/mol. The Kier molecular flexibility index (Phi) is 4.38. The number of halogens is 3. The molecule has 0 aromatic heterocycles. The van der Waals surface area contributed by atoms with Crippen LogP contribution >= 0.6 is 27.5 Å². The summed E-state index contributed by atoms with van der Waals surface area (Å²) in [5.74, 6) is -1.14. The average Bonchev–Trinajstić information content (AvgIpc) is 2.38. The highest BCUT2D eigenvalue weighted by Gasteiger charge is 2.14. The Labute approximate surface area is 128 Å². The van der Waals surface area contributed by atoms with E-state index in [4.69, 9.17) is 16.9 Å². The number of rotatable bonds is 2. The Morgan fingerprint density at radius 1 is 1.35 bits per heavy atom. The number of nitrogens with zero attached hydrogens (tertiary/aromatic N) is 1. The molecule has 2 aromatic rings. The van der Waals surface area contributed by atoms with Crippen molar-refractivity contribution in [1.82, 2.24) is 0 Å². The van der Waals surface area contributed by atoms with Gasteiger partial charge in [-0.2, -0.15) is 5.26 Å². The second-order valence-electron chi connectivity index (χ2n) is 3.85. The van der Waals surface area contributed by atoms with Gasteiger partial charge in [0.15, 0.2) is 0 Å². The zero-order valence-electron chi connectivity index (χ0n) is 9.95. The van der Waals surface area contributed by atoms with Crippen molar-refractivity contribution in [1.29, 1.82) is 5.26 Å². The van der Waals surface area contributed by atoms with Crippen molar-refractivity contribution >= 4 is 39.1 Å². The van der Waals surface area contributed by atoms with Crippen LogP contribution in [0.5, 0.6) is 0 Å². The second-order valence-corrected chi connectivity index (χ2v) is 5.14. The first kappa shape index (κ1) is 14.5. The number of anilines is 1. The molecule has 6 heteroatoms. The van der Waals surface area contributed by atoms with Gasteiger partial charge < -0.3 is 5.32 Å². The molecule has 0 heterocycles. The van der Waals surface area contributed by atoms with Gasteiger partial charge in [-0.15, -0.1) is 0 Å². The molecule has 0 fully saturated rings. The summed E-state index contributed by atoms with van der Waals surface area (Å²) in [4.78, 5) is 12.1. The molecular formula is C14H7BrClFN2O. The lowest BCUT2D eigenvalue weighted by Crippen LogP contribution is -2.14.